The SMILES string of the molecule is c1ccc(-c2cnc(NCc3nnc4n3CCCCC4)s2)cc1. The molecule has 0 amide bonds. The predicted molar refractivity (Wildman–Crippen MR) is 92.5 cm³/mol. The summed E-state index contributed by atoms with van der Waals surface area (Å²) in [6.45, 7) is 1.71. The summed E-state index contributed by atoms with van der Waals surface area (Å²) in [5.41, 5.74) is 1.20. The van der Waals surface area contributed by atoms with Gasteiger partial charge in [-0.25, -0.2) is 4.98 Å². The molecule has 0 radical (unpaired) electrons. The van der Waals surface area contributed by atoms with E-state index in [0.29, 0.717) is 6.54 Å². The number of rotatable bonds is 4. The molecule has 0 spiro atoms. The van der Waals surface area contributed by atoms with E-state index in [-0.39, 0.29) is 0 Å². The largest absolute Gasteiger partial charge is 0.354 e. The van der Waals surface area contributed by atoms with Crippen LogP contribution in [-0.2, 0) is 19.5 Å². The zero-order chi connectivity index (χ0) is 15.5. The Morgan fingerprint density at radius 2 is 2.00 bits per heavy atom. The maximum Gasteiger partial charge on any atom is 0.183 e. The molecule has 3 aromatic rings. The van der Waals surface area contributed by atoms with Crippen LogP contribution in [0.5, 0.6) is 0 Å². The summed E-state index contributed by atoms with van der Waals surface area (Å²) in [6, 6.07) is 10.3. The van der Waals surface area contributed by atoms with E-state index in [9.17, 15) is 0 Å². The van der Waals surface area contributed by atoms with Crippen LogP contribution < -0.4 is 5.32 Å². The lowest BCUT2D eigenvalue weighted by Crippen LogP contribution is -2.10. The van der Waals surface area contributed by atoms with Gasteiger partial charge in [-0.1, -0.05) is 48.1 Å². The number of aromatic nitrogens is 4. The number of hydrogen-bond donors (Lipinski definition) is 1. The molecule has 0 atom stereocenters. The summed E-state index contributed by atoms with van der Waals surface area (Å²) >= 11 is 1.67. The van der Waals surface area contributed by atoms with Crippen molar-refractivity contribution in [1.82, 2.24) is 19.7 Å². The van der Waals surface area contributed by atoms with Crippen molar-refractivity contribution in [3.63, 3.8) is 0 Å². The summed E-state index contributed by atoms with van der Waals surface area (Å²) in [7, 11) is 0. The van der Waals surface area contributed by atoms with Gasteiger partial charge in [0.1, 0.15) is 5.82 Å². The average molecular weight is 325 g/mol. The van der Waals surface area contributed by atoms with E-state index in [1.165, 1.54) is 29.7 Å². The van der Waals surface area contributed by atoms with Gasteiger partial charge in [-0.3, -0.25) is 0 Å². The quantitative estimate of drug-likeness (QED) is 0.794. The number of fused-ring (bicyclic) bond motifs is 1. The maximum absolute atomic E-state index is 4.47. The molecule has 4 rings (SSSR count). The van der Waals surface area contributed by atoms with E-state index in [1.807, 2.05) is 24.4 Å². The summed E-state index contributed by atoms with van der Waals surface area (Å²) < 4.78 is 2.27. The predicted octanol–water partition coefficient (Wildman–Crippen LogP) is 3.74. The molecule has 2 aromatic heterocycles. The molecule has 0 fully saturated rings. The number of aryl methyl sites for hydroxylation is 1. The third kappa shape index (κ3) is 3.12. The summed E-state index contributed by atoms with van der Waals surface area (Å²) in [5.74, 6) is 2.14. The topological polar surface area (TPSA) is 55.6 Å². The Morgan fingerprint density at radius 3 is 2.91 bits per heavy atom. The second-order valence-electron chi connectivity index (χ2n) is 5.74. The van der Waals surface area contributed by atoms with Crippen molar-refractivity contribution in [2.45, 2.75) is 38.8 Å². The molecule has 1 aliphatic rings. The molecule has 0 unspecified atom stereocenters. The number of hydrogen-bond acceptors (Lipinski definition) is 5. The van der Waals surface area contributed by atoms with Crippen molar-refractivity contribution in [2.24, 2.45) is 0 Å². The van der Waals surface area contributed by atoms with Crippen LogP contribution in [0.4, 0.5) is 5.13 Å². The first-order valence-corrected chi connectivity index (χ1v) is 8.88. The third-order valence-corrected chi connectivity index (χ3v) is 5.15. The minimum atomic E-state index is 0.675. The van der Waals surface area contributed by atoms with Crippen LogP contribution >= 0.6 is 11.3 Å². The first kappa shape index (κ1) is 14.4. The molecule has 0 saturated carbocycles. The van der Waals surface area contributed by atoms with Gasteiger partial charge in [-0.2, -0.15) is 0 Å². The molecule has 0 saturated heterocycles. The standard InChI is InChI=1S/C17H19N5S/c1-3-7-13(8-4-1)14-11-18-17(23-14)19-12-16-21-20-15-9-5-2-6-10-22(15)16/h1,3-4,7-8,11H,2,5-6,9-10,12H2,(H,18,19). The Balaban J connectivity index is 1.46. The number of benzene rings is 1. The Hall–Kier alpha value is -2.21. The van der Waals surface area contributed by atoms with Gasteiger partial charge in [0.15, 0.2) is 11.0 Å². The molecule has 6 heteroatoms. The fourth-order valence-corrected chi connectivity index (χ4v) is 3.74. The van der Waals surface area contributed by atoms with Crippen LogP contribution in [-0.4, -0.2) is 19.7 Å². The first-order valence-electron chi connectivity index (χ1n) is 8.06. The Kier molecular flexibility index (Phi) is 4.06. The van der Waals surface area contributed by atoms with Crippen molar-refractivity contribution >= 4 is 16.5 Å². The molecule has 3 heterocycles. The van der Waals surface area contributed by atoms with Crippen molar-refractivity contribution < 1.29 is 0 Å². The van der Waals surface area contributed by atoms with Crippen LogP contribution in [0.2, 0.25) is 0 Å². The van der Waals surface area contributed by atoms with Crippen LogP contribution in [0.15, 0.2) is 36.5 Å². The van der Waals surface area contributed by atoms with E-state index in [2.05, 4.69) is 37.2 Å². The maximum atomic E-state index is 4.47. The lowest BCUT2D eigenvalue weighted by atomic mass is 10.2. The van der Waals surface area contributed by atoms with E-state index in [1.54, 1.807) is 11.3 Å². The molecule has 5 nitrogen and oxygen atoms in total. The Morgan fingerprint density at radius 1 is 1.09 bits per heavy atom. The third-order valence-electron chi connectivity index (χ3n) is 4.15. The smallest absolute Gasteiger partial charge is 0.183 e. The van der Waals surface area contributed by atoms with Gasteiger partial charge >= 0.3 is 0 Å². The normalized spacial score (nSPS) is 14.3. The Labute approximate surface area is 139 Å². The molecule has 0 aliphatic carbocycles. The molecule has 1 aliphatic heterocycles. The Bertz CT molecular complexity index is 777. The zero-order valence-electron chi connectivity index (χ0n) is 12.9. The van der Waals surface area contributed by atoms with E-state index < -0.39 is 0 Å². The van der Waals surface area contributed by atoms with Gasteiger partial charge < -0.3 is 9.88 Å². The second kappa shape index (κ2) is 6.50. The lowest BCUT2D eigenvalue weighted by Gasteiger charge is -2.07. The highest BCUT2D eigenvalue weighted by atomic mass is 32.1. The average Bonchev–Trinajstić information content (AvgIpc) is 3.15. The highest BCUT2D eigenvalue weighted by Crippen LogP contribution is 2.28. The molecule has 1 aromatic carbocycles. The lowest BCUT2D eigenvalue weighted by molar-refractivity contribution is 0.610. The number of nitrogens with one attached hydrogen (secondary N) is 1. The van der Waals surface area contributed by atoms with Gasteiger partial charge in [0.05, 0.1) is 11.4 Å². The summed E-state index contributed by atoms with van der Waals surface area (Å²) in [5, 5.41) is 13.0. The monoisotopic (exact) mass is 325 g/mol. The molecule has 23 heavy (non-hydrogen) atoms. The fraction of sp³-hybridized carbons (Fsp3) is 0.353. The van der Waals surface area contributed by atoms with Gasteiger partial charge in [-0.05, 0) is 18.4 Å². The highest BCUT2D eigenvalue weighted by Gasteiger charge is 2.14. The minimum absolute atomic E-state index is 0.675. The molecule has 118 valence electrons. The fourth-order valence-electron chi connectivity index (χ4n) is 2.92. The summed E-state index contributed by atoms with van der Waals surface area (Å²) in [6.07, 6.45) is 6.68. The number of nitrogens with zero attached hydrogens (tertiary/aromatic N) is 4. The molecular formula is C17H19N5S. The molecule has 0 bridgehead atoms. The number of anilines is 1. The van der Waals surface area contributed by atoms with Gasteiger partial charge in [0.25, 0.3) is 0 Å². The van der Waals surface area contributed by atoms with Gasteiger partial charge in [0.2, 0.25) is 0 Å². The van der Waals surface area contributed by atoms with Crippen molar-refractivity contribution in [3.05, 3.63) is 48.2 Å². The summed E-state index contributed by atoms with van der Waals surface area (Å²) in [4.78, 5) is 5.65. The van der Waals surface area contributed by atoms with E-state index >= 15 is 0 Å². The van der Waals surface area contributed by atoms with Crippen LogP contribution in [0, 0.1) is 0 Å². The number of thiazole rings is 1. The van der Waals surface area contributed by atoms with Gasteiger partial charge in [-0.15, -0.1) is 10.2 Å². The highest BCUT2D eigenvalue weighted by molar-refractivity contribution is 7.18. The van der Waals surface area contributed by atoms with Crippen LogP contribution in [0.3, 0.4) is 0 Å². The zero-order valence-corrected chi connectivity index (χ0v) is 13.7. The van der Waals surface area contributed by atoms with E-state index in [0.717, 1.165) is 29.7 Å². The van der Waals surface area contributed by atoms with Gasteiger partial charge in [0, 0.05) is 19.2 Å². The van der Waals surface area contributed by atoms with Crippen LogP contribution in [0.1, 0.15) is 30.9 Å². The first-order chi connectivity index (χ1) is 11.4. The molecule has 1 N–H and O–H groups in total. The molecular weight excluding hydrogens is 306 g/mol. The second-order valence-corrected chi connectivity index (χ2v) is 6.77. The van der Waals surface area contributed by atoms with Crippen molar-refractivity contribution in [1.29, 1.82) is 0 Å². The van der Waals surface area contributed by atoms with Crippen molar-refractivity contribution in [3.8, 4) is 10.4 Å². The van der Waals surface area contributed by atoms with Crippen LogP contribution in [0.25, 0.3) is 10.4 Å². The minimum Gasteiger partial charge on any atom is -0.354 e. The van der Waals surface area contributed by atoms with E-state index in [4.69, 9.17) is 0 Å². The van der Waals surface area contributed by atoms with Crippen molar-refractivity contribution in [2.75, 3.05) is 5.32 Å².